The van der Waals surface area contributed by atoms with Gasteiger partial charge >= 0.3 is 0 Å². The van der Waals surface area contributed by atoms with Gasteiger partial charge in [0.15, 0.2) is 0 Å². The first kappa shape index (κ1) is 15.0. The molecule has 3 rings (SSSR count). The van der Waals surface area contributed by atoms with Crippen LogP contribution in [0.3, 0.4) is 0 Å². The van der Waals surface area contributed by atoms with Gasteiger partial charge in [0.05, 0.1) is 24.7 Å². The maximum absolute atomic E-state index is 12.3. The number of quaternary nitrogens is 1. The zero-order valence-corrected chi connectivity index (χ0v) is 14.0. The van der Waals surface area contributed by atoms with Crippen LogP contribution in [0.2, 0.25) is 0 Å². The summed E-state index contributed by atoms with van der Waals surface area (Å²) >= 11 is 3.45. The van der Waals surface area contributed by atoms with Gasteiger partial charge < -0.3 is 10.2 Å². The van der Waals surface area contributed by atoms with Crippen molar-refractivity contribution in [3.8, 4) is 0 Å². The zero-order chi connectivity index (χ0) is 14.7. The third-order valence-corrected chi connectivity index (χ3v) is 5.76. The van der Waals surface area contributed by atoms with E-state index >= 15 is 0 Å². The summed E-state index contributed by atoms with van der Waals surface area (Å²) in [6.07, 6.45) is 6.65. The van der Waals surface area contributed by atoms with Crippen molar-refractivity contribution in [2.24, 2.45) is 5.92 Å². The molecule has 0 saturated carbocycles. The van der Waals surface area contributed by atoms with Crippen LogP contribution in [0.25, 0.3) is 0 Å². The number of amides is 1. The van der Waals surface area contributed by atoms with Crippen molar-refractivity contribution in [2.45, 2.75) is 38.1 Å². The Kier molecular flexibility index (Phi) is 4.96. The fourth-order valence-corrected chi connectivity index (χ4v) is 4.45. The van der Waals surface area contributed by atoms with E-state index in [1.54, 1.807) is 4.90 Å². The monoisotopic (exact) mass is 351 g/mol. The molecule has 3 atom stereocenters. The molecule has 1 aromatic carbocycles. The van der Waals surface area contributed by atoms with E-state index in [0.29, 0.717) is 5.92 Å². The molecule has 2 fully saturated rings. The minimum atomic E-state index is 0.0467. The highest BCUT2D eigenvalue weighted by atomic mass is 79.9. The molecule has 2 N–H and O–H groups in total. The smallest absolute Gasteiger partial charge is 0.252 e. The first-order valence-electron chi connectivity index (χ1n) is 8.13. The number of rotatable bonds is 3. The molecular weight excluding hydrogens is 328 g/mol. The Labute approximate surface area is 135 Å². The number of benzene rings is 1. The molecular formula is C17H24BrN2O+. The number of halogens is 1. The summed E-state index contributed by atoms with van der Waals surface area (Å²) < 4.78 is 0.871. The number of piperidine rings is 2. The van der Waals surface area contributed by atoms with Gasteiger partial charge in [0, 0.05) is 16.9 Å². The van der Waals surface area contributed by atoms with Crippen molar-refractivity contribution in [3.05, 3.63) is 34.3 Å². The fourth-order valence-electron chi connectivity index (χ4n) is 3.99. The second-order valence-corrected chi connectivity index (χ2v) is 7.21. The molecule has 0 radical (unpaired) electrons. The number of nitrogens with one attached hydrogen (secondary N) is 2. The second-order valence-electron chi connectivity index (χ2n) is 6.35. The standard InChI is InChI=1S/C17H23BrN2O/c18-15-8-2-1-7-14(15)17(21)19-12-13-6-5-11-20-10-4-3-9-16(13)20/h1-2,7-8,13,16H,3-6,9-12H2,(H,19,21)/p+1/t13-,16+/m0/s1. The van der Waals surface area contributed by atoms with E-state index in [1.807, 2.05) is 24.3 Å². The van der Waals surface area contributed by atoms with Crippen LogP contribution in [0, 0.1) is 5.92 Å². The summed E-state index contributed by atoms with van der Waals surface area (Å²) in [6.45, 7) is 3.49. The summed E-state index contributed by atoms with van der Waals surface area (Å²) in [5.41, 5.74) is 0.737. The van der Waals surface area contributed by atoms with Gasteiger partial charge in [0.25, 0.3) is 5.91 Å². The van der Waals surface area contributed by atoms with Crippen LogP contribution in [0.5, 0.6) is 0 Å². The predicted molar refractivity (Wildman–Crippen MR) is 87.5 cm³/mol. The van der Waals surface area contributed by atoms with E-state index in [4.69, 9.17) is 0 Å². The van der Waals surface area contributed by atoms with E-state index in [1.165, 1.54) is 45.2 Å². The summed E-state index contributed by atoms with van der Waals surface area (Å²) in [4.78, 5) is 14.1. The summed E-state index contributed by atoms with van der Waals surface area (Å²) in [5, 5.41) is 3.16. The molecule has 2 heterocycles. The van der Waals surface area contributed by atoms with Gasteiger partial charge in [-0.15, -0.1) is 0 Å². The maximum Gasteiger partial charge on any atom is 0.252 e. The van der Waals surface area contributed by atoms with Crippen LogP contribution < -0.4 is 10.2 Å². The highest BCUT2D eigenvalue weighted by Crippen LogP contribution is 2.20. The summed E-state index contributed by atoms with van der Waals surface area (Å²) in [7, 11) is 0. The lowest BCUT2D eigenvalue weighted by atomic mass is 9.83. The predicted octanol–water partition coefficient (Wildman–Crippen LogP) is 2.03. The summed E-state index contributed by atoms with van der Waals surface area (Å²) in [5.74, 6) is 0.700. The van der Waals surface area contributed by atoms with Gasteiger partial charge in [-0.2, -0.15) is 0 Å². The van der Waals surface area contributed by atoms with Crippen molar-refractivity contribution in [1.82, 2.24) is 5.32 Å². The van der Waals surface area contributed by atoms with E-state index in [0.717, 1.165) is 22.6 Å². The highest BCUT2D eigenvalue weighted by Gasteiger charge is 2.36. The highest BCUT2D eigenvalue weighted by molar-refractivity contribution is 9.10. The van der Waals surface area contributed by atoms with Crippen LogP contribution in [-0.2, 0) is 0 Å². The lowest BCUT2D eigenvalue weighted by Gasteiger charge is -2.41. The third kappa shape index (κ3) is 3.49. The maximum atomic E-state index is 12.3. The summed E-state index contributed by atoms with van der Waals surface area (Å²) in [6, 6.07) is 8.41. The Morgan fingerprint density at radius 3 is 2.86 bits per heavy atom. The number of carbonyl (C=O) groups is 1. The Hall–Kier alpha value is -0.870. The van der Waals surface area contributed by atoms with Crippen LogP contribution in [0.1, 0.15) is 42.5 Å². The van der Waals surface area contributed by atoms with Gasteiger partial charge in [0.2, 0.25) is 0 Å². The van der Waals surface area contributed by atoms with Gasteiger partial charge in [-0.25, -0.2) is 0 Å². The second kappa shape index (κ2) is 6.93. The van der Waals surface area contributed by atoms with E-state index in [9.17, 15) is 4.79 Å². The van der Waals surface area contributed by atoms with Gasteiger partial charge in [-0.1, -0.05) is 12.1 Å². The van der Waals surface area contributed by atoms with Crippen LogP contribution in [-0.4, -0.2) is 31.6 Å². The molecule has 21 heavy (non-hydrogen) atoms. The van der Waals surface area contributed by atoms with Crippen molar-refractivity contribution >= 4 is 21.8 Å². The normalized spacial score (nSPS) is 28.7. The van der Waals surface area contributed by atoms with Crippen LogP contribution in [0.4, 0.5) is 0 Å². The zero-order valence-electron chi connectivity index (χ0n) is 12.4. The minimum Gasteiger partial charge on any atom is -0.351 e. The average Bonchev–Trinajstić information content (AvgIpc) is 2.53. The third-order valence-electron chi connectivity index (χ3n) is 5.07. The molecule has 1 aromatic rings. The molecule has 2 aliphatic rings. The van der Waals surface area contributed by atoms with Crippen LogP contribution >= 0.6 is 15.9 Å². The first-order valence-corrected chi connectivity index (χ1v) is 8.92. The van der Waals surface area contributed by atoms with E-state index in [-0.39, 0.29) is 5.91 Å². The Morgan fingerprint density at radius 2 is 2.00 bits per heavy atom. The molecule has 1 amide bonds. The fraction of sp³-hybridized carbons (Fsp3) is 0.588. The molecule has 0 aliphatic carbocycles. The lowest BCUT2D eigenvalue weighted by Crippen LogP contribution is -3.18. The van der Waals surface area contributed by atoms with E-state index in [2.05, 4.69) is 21.2 Å². The average molecular weight is 352 g/mol. The Morgan fingerprint density at radius 1 is 1.19 bits per heavy atom. The molecule has 0 spiro atoms. The quantitative estimate of drug-likeness (QED) is 0.858. The van der Waals surface area contributed by atoms with Gasteiger partial charge in [0.1, 0.15) is 0 Å². The molecule has 0 bridgehead atoms. The molecule has 2 saturated heterocycles. The van der Waals surface area contributed by atoms with E-state index < -0.39 is 0 Å². The molecule has 1 unspecified atom stereocenters. The molecule has 114 valence electrons. The Balaban J connectivity index is 1.59. The number of hydrogen-bond donors (Lipinski definition) is 2. The number of fused-ring (bicyclic) bond motifs is 1. The molecule has 3 nitrogen and oxygen atoms in total. The molecule has 2 aliphatic heterocycles. The Bertz CT molecular complexity index is 503. The molecule has 0 aromatic heterocycles. The first-order chi connectivity index (χ1) is 10.3. The number of carbonyl (C=O) groups excluding carboxylic acids is 1. The topological polar surface area (TPSA) is 33.5 Å². The minimum absolute atomic E-state index is 0.0467. The van der Waals surface area contributed by atoms with Gasteiger partial charge in [-0.3, -0.25) is 4.79 Å². The van der Waals surface area contributed by atoms with Crippen molar-refractivity contribution < 1.29 is 9.69 Å². The van der Waals surface area contributed by atoms with Crippen LogP contribution in [0.15, 0.2) is 28.7 Å². The van der Waals surface area contributed by atoms with Crippen molar-refractivity contribution in [2.75, 3.05) is 19.6 Å². The van der Waals surface area contributed by atoms with Crippen molar-refractivity contribution in [3.63, 3.8) is 0 Å². The van der Waals surface area contributed by atoms with Gasteiger partial charge in [-0.05, 0) is 60.2 Å². The van der Waals surface area contributed by atoms with Crippen molar-refractivity contribution in [1.29, 1.82) is 0 Å². The molecule has 4 heteroatoms. The SMILES string of the molecule is O=C(NC[C@@H]1CCC[NH+]2CCCC[C@H]12)c1ccccc1Br. The number of hydrogen-bond acceptors (Lipinski definition) is 1. The lowest BCUT2D eigenvalue weighted by molar-refractivity contribution is -0.939. The largest absolute Gasteiger partial charge is 0.351 e.